The summed E-state index contributed by atoms with van der Waals surface area (Å²) < 4.78 is 5.41. The Hall–Kier alpha value is -1.20. The van der Waals surface area contributed by atoms with Crippen LogP contribution in [0.2, 0.25) is 5.15 Å². The maximum absolute atomic E-state index is 5.70. The highest BCUT2D eigenvalue weighted by Gasteiger charge is 2.04. The van der Waals surface area contributed by atoms with Gasteiger partial charge < -0.3 is 4.74 Å². The molecule has 1 aromatic rings. The average Bonchev–Trinajstić information content (AvgIpc) is 2.11. The Labute approximate surface area is 82.9 Å². The van der Waals surface area contributed by atoms with E-state index in [1.165, 1.54) is 0 Å². The van der Waals surface area contributed by atoms with E-state index in [1.807, 2.05) is 6.92 Å². The highest BCUT2D eigenvalue weighted by atomic mass is 35.5. The highest BCUT2D eigenvalue weighted by Crippen LogP contribution is 2.21. The lowest BCUT2D eigenvalue weighted by atomic mass is 10.3. The van der Waals surface area contributed by atoms with Gasteiger partial charge in [-0.1, -0.05) is 17.5 Å². The number of halogens is 1. The molecular weight excluding hydrogens is 186 g/mol. The molecule has 13 heavy (non-hydrogen) atoms. The van der Waals surface area contributed by atoms with E-state index in [1.54, 1.807) is 19.2 Å². The summed E-state index contributed by atoms with van der Waals surface area (Å²) in [5, 5.41) is 0.407. The molecule has 0 saturated carbocycles. The van der Waals surface area contributed by atoms with Gasteiger partial charge in [-0.2, -0.15) is 0 Å². The first-order valence-electron chi connectivity index (χ1n) is 3.88. The molecule has 0 radical (unpaired) electrons. The molecule has 1 rings (SSSR count). The van der Waals surface area contributed by atoms with Gasteiger partial charge in [-0.3, -0.25) is 0 Å². The van der Waals surface area contributed by atoms with E-state index in [9.17, 15) is 0 Å². The van der Waals surface area contributed by atoms with E-state index in [4.69, 9.17) is 22.8 Å². The summed E-state index contributed by atoms with van der Waals surface area (Å²) in [6.45, 7) is 3.69. The Morgan fingerprint density at radius 3 is 3.00 bits per heavy atom. The van der Waals surface area contributed by atoms with Crippen LogP contribution in [0.25, 0.3) is 0 Å². The Morgan fingerprint density at radius 1 is 1.69 bits per heavy atom. The topological polar surface area (TPSA) is 22.1 Å². The molecule has 0 N–H and O–H groups in total. The van der Waals surface area contributed by atoms with Crippen LogP contribution in [-0.4, -0.2) is 11.1 Å². The predicted molar refractivity (Wildman–Crippen MR) is 52.9 cm³/mol. The summed E-state index contributed by atoms with van der Waals surface area (Å²) in [6.07, 6.45) is 6.59. The second kappa shape index (κ2) is 4.15. The van der Waals surface area contributed by atoms with E-state index in [0.717, 1.165) is 5.56 Å². The lowest BCUT2D eigenvalue weighted by molar-refractivity contribution is 0.277. The molecule has 1 atom stereocenters. The molecule has 0 aliphatic rings. The molecule has 0 saturated heterocycles. The van der Waals surface area contributed by atoms with Crippen LogP contribution in [0.15, 0.2) is 12.3 Å². The zero-order chi connectivity index (χ0) is 9.84. The smallest absolute Gasteiger partial charge is 0.156 e. The first kappa shape index (κ1) is 9.88. The van der Waals surface area contributed by atoms with Crippen LogP contribution in [0.4, 0.5) is 0 Å². The molecule has 0 aliphatic heterocycles. The second-order valence-corrected chi connectivity index (χ2v) is 3.09. The van der Waals surface area contributed by atoms with Crippen molar-refractivity contribution >= 4 is 11.6 Å². The molecule has 68 valence electrons. The molecule has 0 aromatic carbocycles. The van der Waals surface area contributed by atoms with Crippen molar-refractivity contribution in [3.8, 4) is 18.1 Å². The number of terminal acetylenes is 1. The number of rotatable bonds is 2. The molecule has 0 bridgehead atoms. The minimum Gasteiger partial charge on any atom is -0.478 e. The van der Waals surface area contributed by atoms with Gasteiger partial charge in [0.2, 0.25) is 0 Å². The first-order valence-corrected chi connectivity index (χ1v) is 4.26. The number of aromatic nitrogens is 1. The third-order valence-corrected chi connectivity index (χ3v) is 1.77. The van der Waals surface area contributed by atoms with Crippen LogP contribution in [0, 0.1) is 19.3 Å². The van der Waals surface area contributed by atoms with Crippen LogP contribution in [-0.2, 0) is 0 Å². The van der Waals surface area contributed by atoms with Crippen molar-refractivity contribution in [1.82, 2.24) is 4.98 Å². The van der Waals surface area contributed by atoms with Gasteiger partial charge >= 0.3 is 0 Å². The Balaban J connectivity index is 2.88. The maximum atomic E-state index is 5.70. The van der Waals surface area contributed by atoms with Gasteiger partial charge in [-0.15, -0.1) is 6.42 Å². The summed E-state index contributed by atoms with van der Waals surface area (Å²) in [4.78, 5) is 3.91. The van der Waals surface area contributed by atoms with Crippen LogP contribution in [0.3, 0.4) is 0 Å². The molecule has 3 heteroatoms. The monoisotopic (exact) mass is 195 g/mol. The van der Waals surface area contributed by atoms with Gasteiger partial charge in [0.15, 0.2) is 6.10 Å². The van der Waals surface area contributed by atoms with Gasteiger partial charge in [0.1, 0.15) is 10.9 Å². The molecular formula is C10H10ClNO. The van der Waals surface area contributed by atoms with Gasteiger partial charge in [0.05, 0.1) is 0 Å². The summed E-state index contributed by atoms with van der Waals surface area (Å²) in [5.74, 6) is 3.16. The highest BCUT2D eigenvalue weighted by molar-refractivity contribution is 6.29. The van der Waals surface area contributed by atoms with Crippen molar-refractivity contribution in [2.45, 2.75) is 20.0 Å². The molecule has 0 spiro atoms. The fraction of sp³-hybridized carbons (Fsp3) is 0.300. The van der Waals surface area contributed by atoms with Crippen molar-refractivity contribution in [2.75, 3.05) is 0 Å². The third-order valence-electron chi connectivity index (χ3n) is 1.56. The quantitative estimate of drug-likeness (QED) is 0.534. The van der Waals surface area contributed by atoms with Crippen molar-refractivity contribution in [1.29, 1.82) is 0 Å². The van der Waals surface area contributed by atoms with Gasteiger partial charge in [-0.25, -0.2) is 4.98 Å². The lowest BCUT2D eigenvalue weighted by Gasteiger charge is -2.10. The molecule has 0 aliphatic carbocycles. The van der Waals surface area contributed by atoms with E-state index < -0.39 is 0 Å². The van der Waals surface area contributed by atoms with E-state index >= 15 is 0 Å². The Morgan fingerprint density at radius 2 is 2.38 bits per heavy atom. The first-order chi connectivity index (χ1) is 6.13. The Bertz CT molecular complexity index is 343. The van der Waals surface area contributed by atoms with Gasteiger partial charge in [0.25, 0.3) is 0 Å². The van der Waals surface area contributed by atoms with Crippen molar-refractivity contribution in [3.63, 3.8) is 0 Å². The zero-order valence-corrected chi connectivity index (χ0v) is 8.30. The van der Waals surface area contributed by atoms with Gasteiger partial charge in [0, 0.05) is 17.8 Å². The minimum absolute atomic E-state index is 0.253. The molecule has 1 aromatic heterocycles. The number of pyridine rings is 1. The number of nitrogens with zero attached hydrogens (tertiary/aromatic N) is 1. The summed E-state index contributed by atoms with van der Waals surface area (Å²) in [6, 6.07) is 1.66. The standard InChI is InChI=1S/C10H10ClNO/c1-4-8(3)13-9-5-10(11)12-6-7(9)2/h1,5-6,8H,2-3H3. The third kappa shape index (κ3) is 2.64. The fourth-order valence-corrected chi connectivity index (χ4v) is 0.981. The van der Waals surface area contributed by atoms with E-state index in [2.05, 4.69) is 10.9 Å². The fourth-order valence-electron chi connectivity index (χ4n) is 0.833. The predicted octanol–water partition coefficient (Wildman–Crippen LogP) is 2.44. The normalized spacial score (nSPS) is 11.8. The summed E-state index contributed by atoms with van der Waals surface area (Å²) in [5.41, 5.74) is 0.923. The zero-order valence-electron chi connectivity index (χ0n) is 7.54. The van der Waals surface area contributed by atoms with Gasteiger partial charge in [-0.05, 0) is 13.8 Å². The number of hydrogen-bond acceptors (Lipinski definition) is 2. The second-order valence-electron chi connectivity index (χ2n) is 2.70. The average molecular weight is 196 g/mol. The van der Waals surface area contributed by atoms with Crippen molar-refractivity contribution < 1.29 is 4.74 Å². The largest absolute Gasteiger partial charge is 0.478 e. The molecule has 1 heterocycles. The van der Waals surface area contributed by atoms with Crippen molar-refractivity contribution in [3.05, 3.63) is 23.0 Å². The molecule has 0 fully saturated rings. The maximum Gasteiger partial charge on any atom is 0.156 e. The molecule has 0 amide bonds. The number of aryl methyl sites for hydroxylation is 1. The lowest BCUT2D eigenvalue weighted by Crippen LogP contribution is -2.09. The van der Waals surface area contributed by atoms with Crippen LogP contribution < -0.4 is 4.74 Å². The summed E-state index contributed by atoms with van der Waals surface area (Å²) >= 11 is 5.70. The SMILES string of the molecule is C#CC(C)Oc1cc(Cl)ncc1C. The van der Waals surface area contributed by atoms with Crippen LogP contribution >= 0.6 is 11.6 Å². The number of hydrogen-bond donors (Lipinski definition) is 0. The van der Waals surface area contributed by atoms with E-state index in [0.29, 0.717) is 10.9 Å². The van der Waals surface area contributed by atoms with Crippen LogP contribution in [0.5, 0.6) is 5.75 Å². The van der Waals surface area contributed by atoms with Crippen LogP contribution in [0.1, 0.15) is 12.5 Å². The number of ether oxygens (including phenoxy) is 1. The Kier molecular flexibility index (Phi) is 3.16. The van der Waals surface area contributed by atoms with Crippen molar-refractivity contribution in [2.24, 2.45) is 0 Å². The molecule has 1 unspecified atom stereocenters. The van der Waals surface area contributed by atoms with E-state index in [-0.39, 0.29) is 6.10 Å². The summed E-state index contributed by atoms with van der Waals surface area (Å²) in [7, 11) is 0. The molecule has 2 nitrogen and oxygen atoms in total. The minimum atomic E-state index is -0.253.